The van der Waals surface area contributed by atoms with Crippen LogP contribution in [0.2, 0.25) is 0 Å². The van der Waals surface area contributed by atoms with Crippen LogP contribution in [0.15, 0.2) is 73.2 Å². The van der Waals surface area contributed by atoms with E-state index >= 15 is 35.1 Å². The standard InChI is InChI=1S/C24BF20.C18H14N3/c26-5-1(6(27)14(35)21(42)13(5)34)25(2-7(28)15(36)22(43)16(37)8(2)29,3-9(30)17(38)23(44)18(39)10(3)31)4-11(32)19(40)24(45)20(41)12(4)33;19-12-15-6-8-17(9-7-15)18-14-21(11-10-20-18)13-16-4-2-1-3-5-16/h;1-11,14H,13H2/q-1;+1. The van der Waals surface area contributed by atoms with Gasteiger partial charge < -0.3 is 0 Å². The lowest BCUT2D eigenvalue weighted by Crippen LogP contribution is -2.81. The highest BCUT2D eigenvalue weighted by atomic mass is 19.2. The van der Waals surface area contributed by atoms with Gasteiger partial charge >= 0.3 is 0 Å². The zero-order valence-electron chi connectivity index (χ0n) is 31.6. The highest BCUT2D eigenvalue weighted by Crippen LogP contribution is 2.31. The molecule has 0 atom stereocenters. The zero-order valence-corrected chi connectivity index (χ0v) is 31.6. The van der Waals surface area contributed by atoms with E-state index in [1.807, 2.05) is 54.9 Å². The van der Waals surface area contributed by atoms with Crippen LogP contribution in [-0.4, -0.2) is 11.1 Å². The van der Waals surface area contributed by atoms with Crippen LogP contribution < -0.4 is 26.4 Å². The molecule has 0 bridgehead atoms. The Morgan fingerprint density at radius 2 is 0.712 bits per heavy atom. The summed E-state index contributed by atoms with van der Waals surface area (Å²) in [6, 6.07) is 19.9. The number of rotatable bonds is 7. The Balaban J connectivity index is 0.000000284. The predicted molar refractivity (Wildman–Crippen MR) is 189 cm³/mol. The molecule has 6 aromatic carbocycles. The predicted octanol–water partition coefficient (Wildman–Crippen LogP) is 8.80. The average Bonchev–Trinajstić information content (AvgIpc) is 3.32. The van der Waals surface area contributed by atoms with Crippen molar-refractivity contribution in [2.24, 2.45) is 0 Å². The fourth-order valence-electron chi connectivity index (χ4n) is 7.06. The lowest BCUT2D eigenvalue weighted by Gasteiger charge is -2.44. The Morgan fingerprint density at radius 1 is 0.409 bits per heavy atom. The number of hydrogen-bond acceptors (Lipinski definition) is 2. The first-order valence-electron chi connectivity index (χ1n) is 17.7. The molecule has 0 aliphatic rings. The number of nitrogens with zero attached hydrogens (tertiary/aromatic N) is 3. The average molecular weight is 951 g/mol. The monoisotopic (exact) mass is 951 g/mol. The summed E-state index contributed by atoms with van der Waals surface area (Å²) >= 11 is 0. The van der Waals surface area contributed by atoms with Crippen LogP contribution in [0, 0.1) is 128 Å². The maximum absolute atomic E-state index is 15.4. The molecule has 0 saturated carbocycles. The summed E-state index contributed by atoms with van der Waals surface area (Å²) in [6.07, 6.45) is -1.43. The summed E-state index contributed by atoms with van der Waals surface area (Å²) in [6.45, 7) is 0.812. The topological polar surface area (TPSA) is 40.6 Å². The van der Waals surface area contributed by atoms with Crippen LogP contribution in [0.4, 0.5) is 87.8 Å². The van der Waals surface area contributed by atoms with E-state index in [0.29, 0.717) is 5.56 Å². The molecule has 0 spiro atoms. The molecule has 0 unspecified atom stereocenters. The van der Waals surface area contributed by atoms with Gasteiger partial charge in [-0.3, -0.25) is 0 Å². The normalized spacial score (nSPS) is 11.4. The smallest absolute Gasteiger partial charge is 0.200 e. The van der Waals surface area contributed by atoms with E-state index in [2.05, 4.69) is 27.8 Å². The minimum atomic E-state index is -7.22. The summed E-state index contributed by atoms with van der Waals surface area (Å²) in [5.41, 5.74) is -10.5. The summed E-state index contributed by atoms with van der Waals surface area (Å²) in [7, 11) is 0. The largest absolute Gasteiger partial charge is 0.244 e. The van der Waals surface area contributed by atoms with Crippen molar-refractivity contribution in [2.45, 2.75) is 6.54 Å². The Morgan fingerprint density at radius 3 is 1.02 bits per heavy atom. The molecular formula is C42H14BF20N3. The second-order valence-electron chi connectivity index (χ2n) is 13.6. The summed E-state index contributed by atoms with van der Waals surface area (Å²) in [5.74, 6) is -71.4. The third-order valence-corrected chi connectivity index (χ3v) is 9.98. The SMILES string of the molecule is Fc1c(F)c(F)c([B-](c2c(F)c(F)c(F)c(F)c2F)(c2c(F)c(F)c(F)c(F)c2F)c2c(F)c(F)c(F)c(F)c2F)c(F)c1F.N#Cc1ccc(-c2c[n+](Cc3ccccc3)ccn2)cc1. The summed E-state index contributed by atoms with van der Waals surface area (Å²) in [4.78, 5) is 4.40. The lowest BCUT2D eigenvalue weighted by atomic mass is 9.12. The van der Waals surface area contributed by atoms with Crippen molar-refractivity contribution in [2.75, 3.05) is 0 Å². The molecule has 340 valence electrons. The van der Waals surface area contributed by atoms with Crippen LogP contribution in [0.25, 0.3) is 11.3 Å². The van der Waals surface area contributed by atoms with E-state index in [1.54, 1.807) is 6.20 Å². The van der Waals surface area contributed by atoms with Crippen LogP contribution in [-0.2, 0) is 6.54 Å². The molecule has 0 amide bonds. The molecule has 0 aliphatic heterocycles. The molecule has 66 heavy (non-hydrogen) atoms. The maximum atomic E-state index is 15.4. The van der Waals surface area contributed by atoms with Gasteiger partial charge in [0, 0.05) is 11.1 Å². The van der Waals surface area contributed by atoms with Gasteiger partial charge in [-0.15, -0.1) is 21.9 Å². The number of halogens is 20. The number of aromatic nitrogens is 2. The molecule has 0 fully saturated rings. The van der Waals surface area contributed by atoms with Crippen molar-refractivity contribution < 1.29 is 92.4 Å². The first-order valence-corrected chi connectivity index (χ1v) is 17.7. The first kappa shape index (κ1) is 48.0. The van der Waals surface area contributed by atoms with E-state index in [1.165, 1.54) is 5.56 Å². The van der Waals surface area contributed by atoms with Crippen molar-refractivity contribution in [1.82, 2.24) is 4.98 Å². The van der Waals surface area contributed by atoms with Gasteiger partial charge in [0.05, 0.1) is 17.8 Å². The van der Waals surface area contributed by atoms with E-state index in [9.17, 15) is 52.7 Å². The molecule has 0 aliphatic carbocycles. The van der Waals surface area contributed by atoms with Gasteiger partial charge in [-0.25, -0.2) is 92.8 Å². The van der Waals surface area contributed by atoms with Crippen LogP contribution >= 0.6 is 0 Å². The fourth-order valence-corrected chi connectivity index (χ4v) is 7.06. The van der Waals surface area contributed by atoms with Crippen molar-refractivity contribution >= 4 is 28.0 Å². The molecule has 7 rings (SSSR count). The Hall–Kier alpha value is -7.45. The molecular weight excluding hydrogens is 937 g/mol. The molecule has 3 nitrogen and oxygen atoms in total. The van der Waals surface area contributed by atoms with E-state index in [4.69, 9.17) is 5.26 Å². The van der Waals surface area contributed by atoms with E-state index < -0.39 is 144 Å². The quantitative estimate of drug-likeness (QED) is 0.0528. The first-order chi connectivity index (χ1) is 31.0. The minimum absolute atomic E-state index is 0.659. The molecule has 0 saturated heterocycles. The van der Waals surface area contributed by atoms with Gasteiger partial charge in [0.25, 0.3) is 0 Å². The van der Waals surface area contributed by atoms with Gasteiger partial charge in [-0.2, -0.15) is 9.83 Å². The van der Waals surface area contributed by atoms with Crippen LogP contribution in [0.5, 0.6) is 0 Å². The third-order valence-electron chi connectivity index (χ3n) is 9.98. The fraction of sp³-hybridized carbons (Fsp3) is 0.0238. The van der Waals surface area contributed by atoms with Crippen molar-refractivity contribution in [3.63, 3.8) is 0 Å². The molecule has 1 heterocycles. The van der Waals surface area contributed by atoms with Gasteiger partial charge in [0.2, 0.25) is 0 Å². The number of nitriles is 1. The third kappa shape index (κ3) is 7.70. The molecule has 7 aromatic rings. The Bertz CT molecular complexity index is 2740. The highest BCUT2D eigenvalue weighted by Gasteiger charge is 2.52. The van der Waals surface area contributed by atoms with Gasteiger partial charge in [-0.05, 0) is 12.1 Å². The van der Waals surface area contributed by atoms with E-state index in [0.717, 1.165) is 17.8 Å². The van der Waals surface area contributed by atoms with Crippen molar-refractivity contribution in [1.29, 1.82) is 5.26 Å². The molecule has 24 heteroatoms. The maximum Gasteiger partial charge on any atom is 0.200 e. The Kier molecular flexibility index (Phi) is 13.2. The van der Waals surface area contributed by atoms with Gasteiger partial charge in [0.15, 0.2) is 88.7 Å². The van der Waals surface area contributed by atoms with Gasteiger partial charge in [-0.1, -0.05) is 42.5 Å². The van der Waals surface area contributed by atoms with E-state index in [-0.39, 0.29) is 0 Å². The van der Waals surface area contributed by atoms with Crippen LogP contribution in [0.1, 0.15) is 11.1 Å². The zero-order chi connectivity index (χ0) is 48.8. The number of benzene rings is 6. The summed E-state index contributed by atoms with van der Waals surface area (Å²) < 4.78 is 296. The Labute approximate surface area is 355 Å². The second-order valence-corrected chi connectivity index (χ2v) is 13.6. The number of hydrogen-bond donors (Lipinski definition) is 0. The highest BCUT2D eigenvalue weighted by molar-refractivity contribution is 7.20. The summed E-state index contributed by atoms with van der Waals surface area (Å²) in [5, 5.41) is 8.84. The second kappa shape index (κ2) is 18.2. The molecule has 0 radical (unpaired) electrons. The van der Waals surface area contributed by atoms with Crippen LogP contribution in [0.3, 0.4) is 0 Å². The van der Waals surface area contributed by atoms with Crippen molar-refractivity contribution in [3.8, 4) is 17.3 Å². The van der Waals surface area contributed by atoms with Gasteiger partial charge in [0.1, 0.15) is 58.4 Å². The molecule has 1 aromatic heterocycles. The van der Waals surface area contributed by atoms with Crippen molar-refractivity contribution in [3.05, 3.63) is 201 Å². The minimum Gasteiger partial charge on any atom is -0.244 e. The lowest BCUT2D eigenvalue weighted by molar-refractivity contribution is -0.688. The molecule has 0 N–H and O–H groups in total.